The molecular formula is C30H36F2N6O. The number of ether oxygens (including phenoxy) is 1. The zero-order valence-corrected chi connectivity index (χ0v) is 22.5. The lowest BCUT2D eigenvalue weighted by Gasteiger charge is -2.37. The van der Waals surface area contributed by atoms with E-state index in [1.54, 1.807) is 12.1 Å². The highest BCUT2D eigenvalue weighted by Crippen LogP contribution is 2.37. The Hall–Kier alpha value is -3.04. The van der Waals surface area contributed by atoms with Crippen LogP contribution in [0.25, 0.3) is 10.8 Å². The predicted molar refractivity (Wildman–Crippen MR) is 149 cm³/mol. The van der Waals surface area contributed by atoms with Crippen molar-refractivity contribution in [2.24, 2.45) is 0 Å². The fraction of sp³-hybridized carbons (Fsp3) is 0.533. The van der Waals surface area contributed by atoms with Crippen LogP contribution in [0.2, 0.25) is 0 Å². The Labute approximate surface area is 228 Å². The van der Waals surface area contributed by atoms with Crippen LogP contribution in [0.4, 0.5) is 20.3 Å². The molecule has 3 atom stereocenters. The first-order valence-corrected chi connectivity index (χ1v) is 14.3. The Balaban J connectivity index is 1.24. The van der Waals surface area contributed by atoms with E-state index in [1.165, 1.54) is 24.8 Å². The quantitative estimate of drug-likeness (QED) is 0.498. The maximum Gasteiger partial charge on any atom is 0.318 e. The molecule has 3 fully saturated rings. The molecule has 0 aliphatic carbocycles. The molecular weight excluding hydrogens is 498 g/mol. The van der Waals surface area contributed by atoms with Crippen molar-refractivity contribution >= 4 is 22.3 Å². The standard InChI is InChI=1S/C30H36F2N6O/c1-36-11-4-6-23(36)18-39-30-34-26-17-37(27-14-20(28(31)32)13-19-5-2-3-7-24(19)27)12-10-25(26)29(35-30)38-15-21-8-9-22(16-38)33-21/h2-3,5,7,13-14,21-23,28,33H,4,6,8-12,15-18H2,1H3/t21?,22?,23-/m0/s1. The molecule has 9 heteroatoms. The highest BCUT2D eigenvalue weighted by atomic mass is 19.3. The molecule has 2 aromatic carbocycles. The molecule has 5 heterocycles. The second-order valence-electron chi connectivity index (χ2n) is 11.6. The van der Waals surface area contributed by atoms with Gasteiger partial charge in [0.25, 0.3) is 6.43 Å². The zero-order valence-electron chi connectivity index (χ0n) is 22.5. The van der Waals surface area contributed by atoms with Gasteiger partial charge in [-0.2, -0.15) is 9.97 Å². The number of hydrogen-bond donors (Lipinski definition) is 1. The monoisotopic (exact) mass is 534 g/mol. The molecule has 7 rings (SSSR count). The van der Waals surface area contributed by atoms with Gasteiger partial charge in [-0.3, -0.25) is 0 Å². The van der Waals surface area contributed by atoms with Crippen molar-refractivity contribution in [1.82, 2.24) is 20.2 Å². The number of nitrogens with zero attached hydrogens (tertiary/aromatic N) is 5. The minimum atomic E-state index is -2.52. The molecule has 3 saturated heterocycles. The van der Waals surface area contributed by atoms with E-state index in [-0.39, 0.29) is 5.56 Å². The van der Waals surface area contributed by atoms with Crippen LogP contribution >= 0.6 is 0 Å². The number of alkyl halides is 2. The number of likely N-dealkylation sites (tertiary alicyclic amines) is 1. The lowest BCUT2D eigenvalue weighted by atomic mass is 10.00. The van der Waals surface area contributed by atoms with Crippen LogP contribution in [-0.2, 0) is 13.0 Å². The Morgan fingerprint density at radius 2 is 1.85 bits per heavy atom. The van der Waals surface area contributed by atoms with Gasteiger partial charge in [-0.1, -0.05) is 24.3 Å². The van der Waals surface area contributed by atoms with Crippen LogP contribution < -0.4 is 19.9 Å². The fourth-order valence-corrected chi connectivity index (χ4v) is 6.95. The summed E-state index contributed by atoms with van der Waals surface area (Å²) >= 11 is 0. The Morgan fingerprint density at radius 1 is 1.03 bits per heavy atom. The molecule has 39 heavy (non-hydrogen) atoms. The summed E-state index contributed by atoms with van der Waals surface area (Å²) in [6.45, 7) is 4.82. The van der Waals surface area contributed by atoms with Crippen LogP contribution in [0.3, 0.4) is 0 Å². The van der Waals surface area contributed by atoms with Crippen molar-refractivity contribution in [3.8, 4) is 6.01 Å². The molecule has 0 radical (unpaired) electrons. The lowest BCUT2D eigenvalue weighted by Crippen LogP contribution is -2.52. The summed E-state index contributed by atoms with van der Waals surface area (Å²) in [5, 5.41) is 5.54. The second kappa shape index (κ2) is 10.2. The summed E-state index contributed by atoms with van der Waals surface area (Å²) in [7, 11) is 2.15. The van der Waals surface area contributed by atoms with Crippen molar-refractivity contribution in [2.75, 3.05) is 49.6 Å². The molecule has 1 N–H and O–H groups in total. The lowest BCUT2D eigenvalue weighted by molar-refractivity contribution is 0.151. The largest absolute Gasteiger partial charge is 0.462 e. The van der Waals surface area contributed by atoms with Gasteiger partial charge in [0.05, 0.1) is 12.2 Å². The van der Waals surface area contributed by atoms with Crippen LogP contribution in [0.1, 0.15) is 48.9 Å². The topological polar surface area (TPSA) is 56.8 Å². The number of halogens is 2. The predicted octanol–water partition coefficient (Wildman–Crippen LogP) is 4.54. The van der Waals surface area contributed by atoms with E-state index in [0.717, 1.165) is 67.0 Å². The molecule has 7 nitrogen and oxygen atoms in total. The fourth-order valence-electron chi connectivity index (χ4n) is 6.95. The highest BCUT2D eigenvalue weighted by molar-refractivity contribution is 5.95. The molecule has 1 aromatic heterocycles. The van der Waals surface area contributed by atoms with E-state index in [9.17, 15) is 8.78 Å². The van der Waals surface area contributed by atoms with Gasteiger partial charge in [0.15, 0.2) is 0 Å². The van der Waals surface area contributed by atoms with Gasteiger partial charge in [-0.25, -0.2) is 8.78 Å². The Kier molecular flexibility index (Phi) is 6.51. The van der Waals surface area contributed by atoms with Crippen LogP contribution in [-0.4, -0.2) is 72.8 Å². The first-order valence-electron chi connectivity index (χ1n) is 14.3. The molecule has 3 aromatic rings. The minimum Gasteiger partial charge on any atom is -0.462 e. The van der Waals surface area contributed by atoms with Crippen molar-refractivity contribution < 1.29 is 13.5 Å². The maximum atomic E-state index is 13.8. The zero-order chi connectivity index (χ0) is 26.5. The number of nitrogens with one attached hydrogen (secondary N) is 1. The third kappa shape index (κ3) is 4.80. The molecule has 206 valence electrons. The number of likely N-dealkylation sites (N-methyl/N-ethyl adjacent to an activating group) is 1. The van der Waals surface area contributed by atoms with E-state index in [2.05, 4.69) is 27.1 Å². The average Bonchev–Trinajstić information content (AvgIpc) is 3.53. The summed E-state index contributed by atoms with van der Waals surface area (Å²) in [5.41, 5.74) is 3.01. The summed E-state index contributed by atoms with van der Waals surface area (Å²) in [4.78, 5) is 16.9. The van der Waals surface area contributed by atoms with Crippen LogP contribution in [0, 0.1) is 0 Å². The summed E-state index contributed by atoms with van der Waals surface area (Å²) in [6.07, 6.45) is 2.96. The number of anilines is 2. The van der Waals surface area contributed by atoms with Crippen molar-refractivity contribution in [3.05, 3.63) is 53.2 Å². The first kappa shape index (κ1) is 25.0. The first-order chi connectivity index (χ1) is 19.0. The molecule has 2 bridgehead atoms. The molecule has 4 aliphatic rings. The van der Waals surface area contributed by atoms with E-state index in [4.69, 9.17) is 14.7 Å². The van der Waals surface area contributed by atoms with E-state index in [1.807, 2.05) is 24.3 Å². The highest BCUT2D eigenvalue weighted by Gasteiger charge is 2.35. The second-order valence-corrected chi connectivity index (χ2v) is 11.6. The Bertz CT molecular complexity index is 1360. The van der Waals surface area contributed by atoms with Gasteiger partial charge in [0.1, 0.15) is 12.4 Å². The van der Waals surface area contributed by atoms with Gasteiger partial charge in [0, 0.05) is 60.0 Å². The number of fused-ring (bicyclic) bond motifs is 4. The number of hydrogen-bond acceptors (Lipinski definition) is 7. The maximum absolute atomic E-state index is 13.8. The minimum absolute atomic E-state index is 0.0545. The number of aromatic nitrogens is 2. The van der Waals surface area contributed by atoms with Gasteiger partial charge >= 0.3 is 6.01 Å². The van der Waals surface area contributed by atoms with Crippen molar-refractivity contribution in [3.63, 3.8) is 0 Å². The van der Waals surface area contributed by atoms with Gasteiger partial charge in [0.2, 0.25) is 0 Å². The van der Waals surface area contributed by atoms with E-state index in [0.29, 0.717) is 37.3 Å². The third-order valence-electron chi connectivity index (χ3n) is 9.07. The van der Waals surface area contributed by atoms with E-state index >= 15 is 0 Å². The molecule has 0 saturated carbocycles. The van der Waals surface area contributed by atoms with Gasteiger partial charge < -0.3 is 24.8 Å². The van der Waals surface area contributed by atoms with E-state index < -0.39 is 6.43 Å². The summed E-state index contributed by atoms with van der Waals surface area (Å²) in [6, 6.07) is 12.9. The Morgan fingerprint density at radius 3 is 2.62 bits per heavy atom. The van der Waals surface area contributed by atoms with Crippen molar-refractivity contribution in [1.29, 1.82) is 0 Å². The van der Waals surface area contributed by atoms with Gasteiger partial charge in [-0.15, -0.1) is 0 Å². The SMILES string of the molecule is CN1CCC[C@H]1COc1nc2c(c(N3CC4CCC(C3)N4)n1)CCN(c1cc(C(F)F)cc3ccccc13)C2. The molecule has 4 aliphatic heterocycles. The van der Waals surface area contributed by atoms with Gasteiger partial charge in [-0.05, 0) is 63.2 Å². The number of piperazine rings is 1. The average molecular weight is 535 g/mol. The smallest absolute Gasteiger partial charge is 0.318 e. The molecule has 0 amide bonds. The summed E-state index contributed by atoms with van der Waals surface area (Å²) < 4.78 is 33.9. The van der Waals surface area contributed by atoms with Crippen LogP contribution in [0.15, 0.2) is 36.4 Å². The molecule has 0 spiro atoms. The summed E-state index contributed by atoms with van der Waals surface area (Å²) in [5.74, 6) is 0.999. The molecule has 2 unspecified atom stereocenters. The normalized spacial score (nSPS) is 25.1. The third-order valence-corrected chi connectivity index (χ3v) is 9.07. The van der Waals surface area contributed by atoms with Crippen LogP contribution in [0.5, 0.6) is 6.01 Å². The van der Waals surface area contributed by atoms with Crippen molar-refractivity contribution in [2.45, 2.75) is 63.2 Å². The number of benzene rings is 2. The number of rotatable bonds is 6.